The average molecular weight is 212 g/mol. The van der Waals surface area contributed by atoms with Crippen molar-refractivity contribution in [3.05, 3.63) is 0 Å². The van der Waals surface area contributed by atoms with Crippen molar-refractivity contribution in [2.24, 2.45) is 5.92 Å². The van der Waals surface area contributed by atoms with E-state index in [-0.39, 0.29) is 12.1 Å². The quantitative estimate of drug-likeness (QED) is 0.724. The Morgan fingerprint density at radius 3 is 2.73 bits per heavy atom. The van der Waals surface area contributed by atoms with E-state index in [2.05, 4.69) is 17.6 Å². The van der Waals surface area contributed by atoms with Crippen LogP contribution in [0.1, 0.15) is 32.6 Å². The van der Waals surface area contributed by atoms with Crippen LogP contribution in [0.2, 0.25) is 0 Å². The molecule has 2 aliphatic rings. The second kappa shape index (κ2) is 4.84. The Kier molecular flexibility index (Phi) is 3.46. The Balaban J connectivity index is 1.71. The Morgan fingerprint density at radius 2 is 2.13 bits per heavy atom. The predicted octanol–water partition coefficient (Wildman–Crippen LogP) is 1.26. The molecule has 0 aromatic heterocycles. The van der Waals surface area contributed by atoms with E-state index < -0.39 is 0 Å². The maximum atomic E-state index is 11.6. The van der Waals surface area contributed by atoms with E-state index in [0.29, 0.717) is 18.6 Å². The summed E-state index contributed by atoms with van der Waals surface area (Å²) >= 11 is 0. The van der Waals surface area contributed by atoms with Gasteiger partial charge in [-0.2, -0.15) is 0 Å². The van der Waals surface area contributed by atoms with Crippen LogP contribution in [-0.4, -0.2) is 31.3 Å². The summed E-state index contributed by atoms with van der Waals surface area (Å²) in [6, 6.07) is 0.554. The largest absolute Gasteiger partial charge is 0.379 e. The van der Waals surface area contributed by atoms with Gasteiger partial charge >= 0.3 is 6.03 Å². The minimum Gasteiger partial charge on any atom is -0.379 e. The average Bonchev–Trinajstić information content (AvgIpc) is 2.79. The van der Waals surface area contributed by atoms with E-state index in [9.17, 15) is 4.79 Å². The monoisotopic (exact) mass is 212 g/mol. The molecule has 4 heteroatoms. The van der Waals surface area contributed by atoms with Crippen LogP contribution in [0, 0.1) is 5.92 Å². The van der Waals surface area contributed by atoms with Gasteiger partial charge in [-0.05, 0) is 25.2 Å². The maximum Gasteiger partial charge on any atom is 0.315 e. The third kappa shape index (κ3) is 2.84. The summed E-state index contributed by atoms with van der Waals surface area (Å²) in [4.78, 5) is 11.6. The summed E-state index contributed by atoms with van der Waals surface area (Å²) in [5, 5.41) is 6.00. The smallest absolute Gasteiger partial charge is 0.315 e. The molecule has 1 saturated heterocycles. The number of carbonyl (C=O) groups excluding carboxylic acids is 1. The lowest BCUT2D eigenvalue weighted by atomic mass is 10.1. The Bertz CT molecular complexity index is 227. The Hall–Kier alpha value is -0.770. The first-order valence-corrected chi connectivity index (χ1v) is 5.90. The third-order valence-corrected chi connectivity index (χ3v) is 3.44. The molecule has 3 unspecified atom stereocenters. The lowest BCUT2D eigenvalue weighted by molar-refractivity contribution is 0.188. The molecular formula is C11H20N2O2. The molecule has 0 aromatic rings. The zero-order chi connectivity index (χ0) is 10.7. The summed E-state index contributed by atoms with van der Waals surface area (Å²) < 4.78 is 5.21. The summed E-state index contributed by atoms with van der Waals surface area (Å²) in [7, 11) is 0. The highest BCUT2D eigenvalue weighted by Crippen LogP contribution is 2.24. The van der Waals surface area contributed by atoms with Gasteiger partial charge in [0.25, 0.3) is 0 Å². The molecule has 0 radical (unpaired) electrons. The molecule has 1 aliphatic carbocycles. The summed E-state index contributed by atoms with van der Waals surface area (Å²) in [6.07, 6.45) is 4.53. The summed E-state index contributed by atoms with van der Waals surface area (Å²) in [5.74, 6) is 0.621. The minimum atomic E-state index is -0.0238. The number of urea groups is 1. The van der Waals surface area contributed by atoms with Crippen LogP contribution in [0.4, 0.5) is 4.79 Å². The van der Waals surface area contributed by atoms with Crippen molar-refractivity contribution in [1.82, 2.24) is 10.6 Å². The van der Waals surface area contributed by atoms with Gasteiger partial charge in [0, 0.05) is 12.6 Å². The molecule has 1 aliphatic heterocycles. The van der Waals surface area contributed by atoms with Gasteiger partial charge < -0.3 is 15.4 Å². The van der Waals surface area contributed by atoms with Crippen LogP contribution in [0.15, 0.2) is 0 Å². The van der Waals surface area contributed by atoms with Gasteiger partial charge in [-0.3, -0.25) is 0 Å². The van der Waals surface area contributed by atoms with Gasteiger partial charge in [0.1, 0.15) is 0 Å². The second-order valence-corrected chi connectivity index (χ2v) is 4.69. The molecular weight excluding hydrogens is 192 g/mol. The molecule has 2 N–H and O–H groups in total. The normalized spacial score (nSPS) is 35.4. The number of amides is 2. The molecule has 86 valence electrons. The fourth-order valence-electron chi connectivity index (χ4n) is 2.40. The van der Waals surface area contributed by atoms with Crippen molar-refractivity contribution in [2.45, 2.75) is 44.7 Å². The van der Waals surface area contributed by atoms with Crippen molar-refractivity contribution in [1.29, 1.82) is 0 Å². The van der Waals surface area contributed by atoms with Crippen LogP contribution < -0.4 is 10.6 Å². The van der Waals surface area contributed by atoms with E-state index in [1.807, 2.05) is 0 Å². The maximum absolute atomic E-state index is 11.6. The highest BCUT2D eigenvalue weighted by molar-refractivity contribution is 5.74. The van der Waals surface area contributed by atoms with Crippen LogP contribution >= 0.6 is 0 Å². The molecule has 0 bridgehead atoms. The standard InChI is InChI=1S/C11H20N2O2/c1-8-3-2-4-10(8)13-11(14)12-9-5-6-15-7-9/h8-10H,2-7H2,1H3,(H2,12,13,14). The highest BCUT2D eigenvalue weighted by Gasteiger charge is 2.26. The molecule has 1 heterocycles. The van der Waals surface area contributed by atoms with Crippen LogP contribution in [0.3, 0.4) is 0 Å². The molecule has 3 atom stereocenters. The number of hydrogen-bond donors (Lipinski definition) is 2. The topological polar surface area (TPSA) is 50.4 Å². The SMILES string of the molecule is CC1CCCC1NC(=O)NC1CCOC1. The van der Waals surface area contributed by atoms with Crippen molar-refractivity contribution < 1.29 is 9.53 Å². The first-order chi connectivity index (χ1) is 7.25. The highest BCUT2D eigenvalue weighted by atomic mass is 16.5. The summed E-state index contributed by atoms with van der Waals surface area (Å²) in [6.45, 7) is 3.63. The Morgan fingerprint density at radius 1 is 1.27 bits per heavy atom. The van der Waals surface area contributed by atoms with Crippen molar-refractivity contribution in [3.8, 4) is 0 Å². The van der Waals surface area contributed by atoms with Gasteiger partial charge in [-0.25, -0.2) is 4.79 Å². The van der Waals surface area contributed by atoms with E-state index in [4.69, 9.17) is 4.74 Å². The molecule has 15 heavy (non-hydrogen) atoms. The number of nitrogens with one attached hydrogen (secondary N) is 2. The van der Waals surface area contributed by atoms with Gasteiger partial charge in [-0.15, -0.1) is 0 Å². The van der Waals surface area contributed by atoms with Crippen LogP contribution in [0.5, 0.6) is 0 Å². The van der Waals surface area contributed by atoms with Gasteiger partial charge in [-0.1, -0.05) is 13.3 Å². The van der Waals surface area contributed by atoms with Crippen LogP contribution in [0.25, 0.3) is 0 Å². The third-order valence-electron chi connectivity index (χ3n) is 3.44. The first kappa shape index (κ1) is 10.7. The molecule has 0 spiro atoms. The van der Waals surface area contributed by atoms with E-state index in [1.54, 1.807) is 0 Å². The lowest BCUT2D eigenvalue weighted by Crippen LogP contribution is -2.47. The minimum absolute atomic E-state index is 0.0238. The zero-order valence-electron chi connectivity index (χ0n) is 9.29. The molecule has 2 fully saturated rings. The van der Waals surface area contributed by atoms with E-state index in [0.717, 1.165) is 19.4 Å². The number of carbonyl (C=O) groups is 1. The number of rotatable bonds is 2. The van der Waals surface area contributed by atoms with Crippen molar-refractivity contribution >= 4 is 6.03 Å². The Labute approximate surface area is 90.8 Å². The second-order valence-electron chi connectivity index (χ2n) is 4.69. The molecule has 2 rings (SSSR count). The fourth-order valence-corrected chi connectivity index (χ4v) is 2.40. The number of ether oxygens (including phenoxy) is 1. The number of hydrogen-bond acceptors (Lipinski definition) is 2. The summed E-state index contributed by atoms with van der Waals surface area (Å²) in [5.41, 5.74) is 0. The van der Waals surface area contributed by atoms with E-state index >= 15 is 0 Å². The molecule has 4 nitrogen and oxygen atoms in total. The fraction of sp³-hybridized carbons (Fsp3) is 0.909. The van der Waals surface area contributed by atoms with Crippen LogP contribution in [-0.2, 0) is 4.74 Å². The van der Waals surface area contributed by atoms with Gasteiger partial charge in [0.2, 0.25) is 0 Å². The van der Waals surface area contributed by atoms with Gasteiger partial charge in [0.05, 0.1) is 12.6 Å². The molecule has 2 amide bonds. The van der Waals surface area contributed by atoms with Crippen molar-refractivity contribution in [3.63, 3.8) is 0 Å². The zero-order valence-corrected chi connectivity index (χ0v) is 9.29. The van der Waals surface area contributed by atoms with E-state index in [1.165, 1.54) is 12.8 Å². The lowest BCUT2D eigenvalue weighted by Gasteiger charge is -2.19. The first-order valence-electron chi connectivity index (χ1n) is 5.90. The van der Waals surface area contributed by atoms with Gasteiger partial charge in [0.15, 0.2) is 0 Å². The molecule has 1 saturated carbocycles. The predicted molar refractivity (Wildman–Crippen MR) is 57.7 cm³/mol. The molecule has 0 aromatic carbocycles. The van der Waals surface area contributed by atoms with Crippen molar-refractivity contribution in [2.75, 3.05) is 13.2 Å².